The molecule has 3 aromatic rings. The summed E-state index contributed by atoms with van der Waals surface area (Å²) in [5.41, 5.74) is 7.24. The van der Waals surface area contributed by atoms with Gasteiger partial charge in [-0.3, -0.25) is 0 Å². The van der Waals surface area contributed by atoms with Crippen LogP contribution in [0, 0.1) is 20.8 Å². The maximum atomic E-state index is 4.84. The summed E-state index contributed by atoms with van der Waals surface area (Å²) in [4.78, 5) is 4.84. The summed E-state index contributed by atoms with van der Waals surface area (Å²) >= 11 is 0. The number of hydrogen-bond donors (Lipinski definition) is 0. The molecular formula is C20H22N2. The molecule has 2 heteroatoms. The quantitative estimate of drug-likeness (QED) is 0.651. The van der Waals surface area contributed by atoms with Crippen molar-refractivity contribution >= 4 is 0 Å². The Balaban J connectivity index is 2.22. The number of rotatable bonds is 3. The third kappa shape index (κ3) is 2.57. The zero-order valence-electron chi connectivity index (χ0n) is 13.7. The summed E-state index contributed by atoms with van der Waals surface area (Å²) in [6, 6.07) is 17.3. The van der Waals surface area contributed by atoms with Gasteiger partial charge in [0.05, 0.1) is 11.4 Å². The molecule has 0 saturated carbocycles. The lowest BCUT2D eigenvalue weighted by Crippen LogP contribution is -1.99. The molecule has 3 rings (SSSR count). The van der Waals surface area contributed by atoms with Crippen LogP contribution >= 0.6 is 0 Å². The van der Waals surface area contributed by atoms with Gasteiger partial charge in [0.1, 0.15) is 5.82 Å². The average Bonchev–Trinajstić information content (AvgIpc) is 2.85. The third-order valence-electron chi connectivity index (χ3n) is 4.12. The molecule has 112 valence electrons. The van der Waals surface area contributed by atoms with Gasteiger partial charge in [0, 0.05) is 17.7 Å². The van der Waals surface area contributed by atoms with Crippen LogP contribution in [-0.4, -0.2) is 9.55 Å². The Labute approximate surface area is 132 Å². The number of aromatic nitrogens is 2. The van der Waals surface area contributed by atoms with E-state index in [0.29, 0.717) is 0 Å². The highest BCUT2D eigenvalue weighted by molar-refractivity contribution is 5.79. The topological polar surface area (TPSA) is 17.8 Å². The lowest BCUT2D eigenvalue weighted by Gasteiger charge is -2.10. The first-order valence-electron chi connectivity index (χ1n) is 7.81. The Morgan fingerprint density at radius 1 is 0.773 bits per heavy atom. The van der Waals surface area contributed by atoms with Gasteiger partial charge < -0.3 is 4.57 Å². The average molecular weight is 290 g/mol. The lowest BCUT2D eigenvalue weighted by molar-refractivity contribution is 0.737. The molecule has 0 aliphatic heterocycles. The highest BCUT2D eigenvalue weighted by Gasteiger charge is 2.16. The molecule has 1 heterocycles. The van der Waals surface area contributed by atoms with Gasteiger partial charge in [0.2, 0.25) is 0 Å². The van der Waals surface area contributed by atoms with E-state index in [1.54, 1.807) is 0 Å². The number of nitrogens with zero attached hydrogens (tertiary/aromatic N) is 2. The third-order valence-corrected chi connectivity index (χ3v) is 4.12. The molecule has 0 bridgehead atoms. The first-order valence-corrected chi connectivity index (χ1v) is 7.81. The van der Waals surface area contributed by atoms with E-state index >= 15 is 0 Å². The minimum absolute atomic E-state index is 0.925. The number of imidazole rings is 1. The SMILES string of the molecule is CCn1c(C)nc(-c2ccc(C)cc2)c1-c1ccc(C)cc1. The maximum absolute atomic E-state index is 4.84. The Kier molecular flexibility index (Phi) is 3.84. The fraction of sp³-hybridized carbons (Fsp3) is 0.250. The molecule has 0 spiro atoms. The van der Waals surface area contributed by atoms with E-state index in [4.69, 9.17) is 4.98 Å². The molecule has 0 unspecified atom stereocenters. The molecule has 0 aliphatic carbocycles. The monoisotopic (exact) mass is 290 g/mol. The molecular weight excluding hydrogens is 268 g/mol. The fourth-order valence-electron chi connectivity index (χ4n) is 2.87. The van der Waals surface area contributed by atoms with E-state index in [9.17, 15) is 0 Å². The Morgan fingerprint density at radius 2 is 1.27 bits per heavy atom. The predicted octanol–water partition coefficient (Wildman–Crippen LogP) is 5.16. The number of aryl methyl sites for hydroxylation is 3. The largest absolute Gasteiger partial charge is 0.328 e. The van der Waals surface area contributed by atoms with E-state index in [1.165, 1.54) is 27.9 Å². The molecule has 2 nitrogen and oxygen atoms in total. The second-order valence-electron chi connectivity index (χ2n) is 5.83. The molecule has 0 amide bonds. The van der Waals surface area contributed by atoms with E-state index in [-0.39, 0.29) is 0 Å². The van der Waals surface area contributed by atoms with Crippen LogP contribution < -0.4 is 0 Å². The van der Waals surface area contributed by atoms with Gasteiger partial charge in [0.25, 0.3) is 0 Å². The van der Waals surface area contributed by atoms with Crippen molar-refractivity contribution in [2.24, 2.45) is 0 Å². The van der Waals surface area contributed by atoms with Crippen molar-refractivity contribution in [1.29, 1.82) is 0 Å². The van der Waals surface area contributed by atoms with E-state index in [1.807, 2.05) is 0 Å². The zero-order chi connectivity index (χ0) is 15.7. The van der Waals surface area contributed by atoms with Crippen LogP contribution in [0.2, 0.25) is 0 Å². The molecule has 0 atom stereocenters. The van der Waals surface area contributed by atoms with Crippen molar-refractivity contribution in [3.63, 3.8) is 0 Å². The zero-order valence-corrected chi connectivity index (χ0v) is 13.7. The maximum Gasteiger partial charge on any atom is 0.106 e. The summed E-state index contributed by atoms with van der Waals surface area (Å²) in [6.45, 7) is 9.41. The van der Waals surface area contributed by atoms with Crippen LogP contribution in [-0.2, 0) is 6.54 Å². The lowest BCUT2D eigenvalue weighted by atomic mass is 10.0. The van der Waals surface area contributed by atoms with Crippen molar-refractivity contribution in [3.05, 3.63) is 65.5 Å². The van der Waals surface area contributed by atoms with Crippen LogP contribution in [0.4, 0.5) is 0 Å². The van der Waals surface area contributed by atoms with Gasteiger partial charge in [-0.25, -0.2) is 4.98 Å². The predicted molar refractivity (Wildman–Crippen MR) is 93.0 cm³/mol. The molecule has 0 aliphatic rings. The Bertz CT molecular complexity index is 778. The molecule has 1 aromatic heterocycles. The smallest absolute Gasteiger partial charge is 0.106 e. The van der Waals surface area contributed by atoms with E-state index in [2.05, 4.69) is 80.8 Å². The standard InChI is InChI=1S/C20H22N2/c1-5-22-16(4)21-19(17-10-6-14(2)7-11-17)20(22)18-12-8-15(3)9-13-18/h6-13H,5H2,1-4H3. The highest BCUT2D eigenvalue weighted by atomic mass is 15.1. The normalized spacial score (nSPS) is 10.9. The van der Waals surface area contributed by atoms with Gasteiger partial charge in [-0.2, -0.15) is 0 Å². The van der Waals surface area contributed by atoms with Crippen molar-refractivity contribution < 1.29 is 0 Å². The van der Waals surface area contributed by atoms with Gasteiger partial charge >= 0.3 is 0 Å². The fourth-order valence-corrected chi connectivity index (χ4v) is 2.87. The van der Waals surface area contributed by atoms with Gasteiger partial charge in [-0.1, -0.05) is 59.7 Å². The van der Waals surface area contributed by atoms with Gasteiger partial charge in [-0.05, 0) is 27.7 Å². The molecule has 0 radical (unpaired) electrons. The summed E-state index contributed by atoms with van der Waals surface area (Å²) in [6.07, 6.45) is 0. The Hall–Kier alpha value is -2.35. The summed E-state index contributed by atoms with van der Waals surface area (Å²) in [5, 5.41) is 0. The Morgan fingerprint density at radius 3 is 1.77 bits per heavy atom. The van der Waals surface area contributed by atoms with Crippen LogP contribution in [0.1, 0.15) is 23.9 Å². The minimum atomic E-state index is 0.925. The van der Waals surface area contributed by atoms with Crippen molar-refractivity contribution in [3.8, 4) is 22.5 Å². The second kappa shape index (κ2) is 5.80. The van der Waals surface area contributed by atoms with E-state index < -0.39 is 0 Å². The summed E-state index contributed by atoms with van der Waals surface area (Å²) in [7, 11) is 0. The van der Waals surface area contributed by atoms with Crippen molar-refractivity contribution in [2.75, 3.05) is 0 Å². The van der Waals surface area contributed by atoms with Gasteiger partial charge in [0.15, 0.2) is 0 Å². The molecule has 0 saturated heterocycles. The first-order chi connectivity index (χ1) is 10.6. The van der Waals surface area contributed by atoms with Crippen molar-refractivity contribution in [2.45, 2.75) is 34.2 Å². The van der Waals surface area contributed by atoms with Crippen LogP contribution in [0.5, 0.6) is 0 Å². The number of benzene rings is 2. The molecule has 0 fully saturated rings. The first kappa shape index (κ1) is 14.6. The van der Waals surface area contributed by atoms with Crippen LogP contribution in [0.3, 0.4) is 0 Å². The van der Waals surface area contributed by atoms with Crippen LogP contribution in [0.25, 0.3) is 22.5 Å². The van der Waals surface area contributed by atoms with E-state index in [0.717, 1.165) is 18.1 Å². The molecule has 22 heavy (non-hydrogen) atoms. The molecule has 2 aromatic carbocycles. The summed E-state index contributed by atoms with van der Waals surface area (Å²) < 4.78 is 2.29. The second-order valence-corrected chi connectivity index (χ2v) is 5.83. The van der Waals surface area contributed by atoms with Gasteiger partial charge in [-0.15, -0.1) is 0 Å². The summed E-state index contributed by atoms with van der Waals surface area (Å²) in [5.74, 6) is 1.06. The van der Waals surface area contributed by atoms with Crippen LogP contribution in [0.15, 0.2) is 48.5 Å². The molecule has 0 N–H and O–H groups in total. The highest BCUT2D eigenvalue weighted by Crippen LogP contribution is 2.33. The van der Waals surface area contributed by atoms with Crippen molar-refractivity contribution in [1.82, 2.24) is 9.55 Å². The minimum Gasteiger partial charge on any atom is -0.328 e. The number of hydrogen-bond acceptors (Lipinski definition) is 1.